The highest BCUT2D eigenvalue weighted by atomic mass is 14.5. The molecular weight excluding hydrogens is 134 g/mol. The average molecular weight is 149 g/mol. The van der Waals surface area contributed by atoms with Crippen molar-refractivity contribution in [3.63, 3.8) is 0 Å². The van der Waals surface area contributed by atoms with E-state index in [9.17, 15) is 0 Å². The second-order valence-corrected chi connectivity index (χ2v) is 3.03. The van der Waals surface area contributed by atoms with Gasteiger partial charge in [-0.3, -0.25) is 0 Å². The first-order valence-electron chi connectivity index (χ1n) is 4.07. The number of hydrogen-bond acceptors (Lipinski definition) is 1. The second-order valence-electron chi connectivity index (χ2n) is 3.03. The van der Waals surface area contributed by atoms with Crippen LogP contribution in [0, 0.1) is 5.92 Å². The fourth-order valence-corrected chi connectivity index (χ4v) is 1.10. The van der Waals surface area contributed by atoms with Crippen LogP contribution in [-0.4, -0.2) is 6.54 Å². The highest BCUT2D eigenvalue weighted by Crippen LogP contribution is 2.05. The third kappa shape index (κ3) is 2.72. The molecule has 0 aliphatic rings. The Kier molecular flexibility index (Phi) is 3.12. The quantitative estimate of drug-likeness (QED) is 0.697. The smallest absolute Gasteiger partial charge is 0.00483 e. The lowest BCUT2D eigenvalue weighted by molar-refractivity contribution is 0.593. The Balaban J connectivity index is 2.51. The van der Waals surface area contributed by atoms with Gasteiger partial charge >= 0.3 is 0 Å². The van der Waals surface area contributed by atoms with E-state index in [1.807, 2.05) is 6.07 Å². The molecule has 0 bridgehead atoms. The monoisotopic (exact) mass is 149 g/mol. The van der Waals surface area contributed by atoms with Gasteiger partial charge in [0.25, 0.3) is 0 Å². The van der Waals surface area contributed by atoms with Crippen molar-refractivity contribution >= 4 is 0 Å². The van der Waals surface area contributed by atoms with E-state index in [1.165, 1.54) is 5.56 Å². The molecule has 0 unspecified atom stereocenters. The average Bonchev–Trinajstić information content (AvgIpc) is 2.06. The van der Waals surface area contributed by atoms with E-state index < -0.39 is 0 Å². The highest BCUT2D eigenvalue weighted by Gasteiger charge is 1.98. The molecule has 1 rings (SSSR count). The maximum atomic E-state index is 5.52. The normalized spacial score (nSPS) is 12.9. The third-order valence-electron chi connectivity index (χ3n) is 1.83. The van der Waals surface area contributed by atoms with Gasteiger partial charge in [0.1, 0.15) is 0 Å². The largest absolute Gasteiger partial charge is 0.330 e. The first-order chi connectivity index (χ1) is 5.33. The van der Waals surface area contributed by atoms with Crippen LogP contribution in [0.4, 0.5) is 0 Å². The van der Waals surface area contributed by atoms with E-state index in [0.29, 0.717) is 5.92 Å². The molecule has 1 aromatic carbocycles. The molecule has 1 nitrogen and oxygen atoms in total. The molecule has 0 fully saturated rings. The van der Waals surface area contributed by atoms with Crippen LogP contribution in [0.5, 0.6) is 0 Å². The third-order valence-corrected chi connectivity index (χ3v) is 1.83. The second kappa shape index (κ2) is 4.14. The van der Waals surface area contributed by atoms with E-state index in [1.54, 1.807) is 0 Å². The maximum Gasteiger partial charge on any atom is -0.00483 e. The van der Waals surface area contributed by atoms with Gasteiger partial charge < -0.3 is 5.73 Å². The van der Waals surface area contributed by atoms with Gasteiger partial charge in [-0.15, -0.1) is 0 Å². The summed E-state index contributed by atoms with van der Waals surface area (Å²) < 4.78 is 0. The minimum Gasteiger partial charge on any atom is -0.330 e. The van der Waals surface area contributed by atoms with Crippen LogP contribution in [0.15, 0.2) is 30.3 Å². The van der Waals surface area contributed by atoms with Crippen molar-refractivity contribution in [2.24, 2.45) is 11.7 Å². The molecule has 2 N–H and O–H groups in total. The Morgan fingerprint density at radius 2 is 1.91 bits per heavy atom. The number of nitrogens with two attached hydrogens (primary N) is 1. The molecule has 1 aromatic rings. The molecule has 1 heteroatoms. The van der Waals surface area contributed by atoms with Crippen LogP contribution in [0.25, 0.3) is 0 Å². The van der Waals surface area contributed by atoms with Crippen LogP contribution in [-0.2, 0) is 6.42 Å². The van der Waals surface area contributed by atoms with Gasteiger partial charge in [-0.1, -0.05) is 37.3 Å². The van der Waals surface area contributed by atoms with Gasteiger partial charge in [0.2, 0.25) is 0 Å². The van der Waals surface area contributed by atoms with Gasteiger partial charge in [-0.05, 0) is 24.4 Å². The topological polar surface area (TPSA) is 26.0 Å². The molecule has 0 aliphatic carbocycles. The lowest BCUT2D eigenvalue weighted by atomic mass is 10.0. The molecular formula is C10H15N. The summed E-state index contributed by atoms with van der Waals surface area (Å²) in [4.78, 5) is 0. The zero-order valence-electron chi connectivity index (χ0n) is 6.96. The van der Waals surface area contributed by atoms with Gasteiger partial charge in [0.05, 0.1) is 0 Å². The Bertz CT molecular complexity index is 193. The van der Waals surface area contributed by atoms with Crippen molar-refractivity contribution in [2.45, 2.75) is 13.3 Å². The van der Waals surface area contributed by atoms with Crippen LogP contribution in [0.2, 0.25) is 0 Å². The van der Waals surface area contributed by atoms with E-state index in [4.69, 9.17) is 5.73 Å². The van der Waals surface area contributed by atoms with Gasteiger partial charge in [0.15, 0.2) is 0 Å². The predicted molar refractivity (Wildman–Crippen MR) is 48.4 cm³/mol. The molecule has 0 heterocycles. The molecule has 0 aliphatic heterocycles. The molecule has 60 valence electrons. The standard InChI is InChI=1S/C10H15N/c1-9(8-11)7-10-5-3-2-4-6-10/h2-6,9H,7-8,11H2,1H3/t9-/m1/s1. The van der Waals surface area contributed by atoms with Crippen molar-refractivity contribution in [3.8, 4) is 0 Å². The highest BCUT2D eigenvalue weighted by molar-refractivity contribution is 5.15. The molecule has 0 radical (unpaired) electrons. The number of hydrogen-bond donors (Lipinski definition) is 1. The molecule has 11 heavy (non-hydrogen) atoms. The van der Waals surface area contributed by atoms with E-state index >= 15 is 0 Å². The number of rotatable bonds is 3. The molecule has 0 saturated heterocycles. The first kappa shape index (κ1) is 8.28. The summed E-state index contributed by atoms with van der Waals surface area (Å²) in [5, 5.41) is 0. The fourth-order valence-electron chi connectivity index (χ4n) is 1.10. The minimum atomic E-state index is 0.595. The minimum absolute atomic E-state index is 0.595. The van der Waals surface area contributed by atoms with Crippen LogP contribution >= 0.6 is 0 Å². The lowest BCUT2D eigenvalue weighted by Crippen LogP contribution is -2.12. The Morgan fingerprint density at radius 1 is 1.27 bits per heavy atom. The first-order valence-corrected chi connectivity index (χ1v) is 4.07. The summed E-state index contributed by atoms with van der Waals surface area (Å²) >= 11 is 0. The predicted octanol–water partition coefficient (Wildman–Crippen LogP) is 1.82. The Hall–Kier alpha value is -0.820. The lowest BCUT2D eigenvalue weighted by Gasteiger charge is -2.06. The molecule has 0 amide bonds. The van der Waals surface area contributed by atoms with Gasteiger partial charge in [0, 0.05) is 0 Å². The Labute approximate surface area is 68.2 Å². The molecule has 0 aromatic heterocycles. The van der Waals surface area contributed by atoms with Crippen molar-refractivity contribution in [1.82, 2.24) is 0 Å². The van der Waals surface area contributed by atoms with Crippen molar-refractivity contribution in [1.29, 1.82) is 0 Å². The fraction of sp³-hybridized carbons (Fsp3) is 0.400. The zero-order chi connectivity index (χ0) is 8.10. The van der Waals surface area contributed by atoms with Crippen molar-refractivity contribution in [3.05, 3.63) is 35.9 Å². The zero-order valence-corrected chi connectivity index (χ0v) is 6.96. The summed E-state index contributed by atoms with van der Waals surface area (Å²) in [5.41, 5.74) is 6.90. The summed E-state index contributed by atoms with van der Waals surface area (Å²) in [7, 11) is 0. The van der Waals surface area contributed by atoms with Crippen LogP contribution in [0.3, 0.4) is 0 Å². The van der Waals surface area contributed by atoms with Crippen LogP contribution in [0.1, 0.15) is 12.5 Å². The van der Waals surface area contributed by atoms with E-state index in [-0.39, 0.29) is 0 Å². The summed E-state index contributed by atoms with van der Waals surface area (Å²) in [6.45, 7) is 2.95. The maximum absolute atomic E-state index is 5.52. The van der Waals surface area contributed by atoms with Gasteiger partial charge in [-0.2, -0.15) is 0 Å². The SMILES string of the molecule is C[C@@H](CN)Cc1ccccc1. The summed E-state index contributed by atoms with van der Waals surface area (Å²) in [5.74, 6) is 0.595. The van der Waals surface area contributed by atoms with Crippen LogP contribution < -0.4 is 5.73 Å². The molecule has 0 spiro atoms. The molecule has 1 atom stereocenters. The van der Waals surface area contributed by atoms with E-state index in [0.717, 1.165) is 13.0 Å². The Morgan fingerprint density at radius 3 is 2.45 bits per heavy atom. The van der Waals surface area contributed by atoms with Gasteiger partial charge in [-0.25, -0.2) is 0 Å². The van der Waals surface area contributed by atoms with Crippen molar-refractivity contribution in [2.75, 3.05) is 6.54 Å². The number of benzene rings is 1. The molecule has 0 saturated carbocycles. The summed E-state index contributed by atoms with van der Waals surface area (Å²) in [6.07, 6.45) is 1.09. The summed E-state index contributed by atoms with van der Waals surface area (Å²) in [6, 6.07) is 10.5. The van der Waals surface area contributed by atoms with Crippen molar-refractivity contribution < 1.29 is 0 Å². The van der Waals surface area contributed by atoms with E-state index in [2.05, 4.69) is 31.2 Å².